The van der Waals surface area contributed by atoms with Crippen molar-refractivity contribution >= 4 is 5.91 Å². The molecule has 0 atom stereocenters. The second kappa shape index (κ2) is 7.12. The molecule has 108 valence electrons. The van der Waals surface area contributed by atoms with Crippen molar-refractivity contribution in [2.24, 2.45) is 0 Å². The summed E-state index contributed by atoms with van der Waals surface area (Å²) in [5, 5.41) is 11.8. The van der Waals surface area contributed by atoms with Crippen molar-refractivity contribution in [1.82, 2.24) is 5.32 Å². The molecule has 0 unspecified atom stereocenters. The quantitative estimate of drug-likeness (QED) is 0.829. The number of carbonyl (C=O) groups is 1. The van der Waals surface area contributed by atoms with Gasteiger partial charge in [0.1, 0.15) is 0 Å². The summed E-state index contributed by atoms with van der Waals surface area (Å²) < 4.78 is 0. The first kappa shape index (κ1) is 16.3. The molecule has 0 aliphatic carbocycles. The second-order valence-corrected chi connectivity index (χ2v) is 5.52. The Kier molecular flexibility index (Phi) is 5.79. The normalized spacial score (nSPS) is 10.7. The van der Waals surface area contributed by atoms with Gasteiger partial charge in [-0.1, -0.05) is 24.8 Å². The zero-order valence-electron chi connectivity index (χ0n) is 12.7. The van der Waals surface area contributed by atoms with Gasteiger partial charge >= 0.3 is 0 Å². The summed E-state index contributed by atoms with van der Waals surface area (Å²) in [4.78, 5) is 12.4. The molecule has 0 heterocycles. The molecular weight excluding hydrogens is 250 g/mol. The van der Waals surface area contributed by atoms with Gasteiger partial charge in [0.2, 0.25) is 0 Å². The molecule has 1 amide bonds. The minimum absolute atomic E-state index is 0.0310. The molecule has 2 N–H and O–H groups in total. The molecule has 1 aromatic rings. The van der Waals surface area contributed by atoms with Crippen molar-refractivity contribution in [3.8, 4) is 11.8 Å². The fourth-order valence-corrected chi connectivity index (χ4v) is 1.64. The maximum atomic E-state index is 12.4. The number of aliphatic hydroxyl groups excluding tert-OH is 1. The van der Waals surface area contributed by atoms with E-state index in [2.05, 4.69) is 17.2 Å². The van der Waals surface area contributed by atoms with Crippen LogP contribution in [-0.4, -0.2) is 23.2 Å². The van der Waals surface area contributed by atoms with E-state index in [0.29, 0.717) is 17.5 Å². The van der Waals surface area contributed by atoms with E-state index in [1.807, 2.05) is 39.8 Å². The molecule has 20 heavy (non-hydrogen) atoms. The molecule has 0 fully saturated rings. The highest BCUT2D eigenvalue weighted by atomic mass is 16.2. The molecule has 1 aromatic carbocycles. The van der Waals surface area contributed by atoms with Crippen LogP contribution in [0, 0.1) is 18.8 Å². The average molecular weight is 273 g/mol. The molecular formula is C17H23NO2. The van der Waals surface area contributed by atoms with Crippen LogP contribution in [0.4, 0.5) is 0 Å². The number of hydrogen-bond donors (Lipinski definition) is 2. The molecule has 0 spiro atoms. The van der Waals surface area contributed by atoms with Gasteiger partial charge in [-0.2, -0.15) is 0 Å². The predicted molar refractivity (Wildman–Crippen MR) is 81.6 cm³/mol. The van der Waals surface area contributed by atoms with Crippen LogP contribution in [0.2, 0.25) is 0 Å². The number of aliphatic hydroxyl groups is 1. The third-order valence-corrected chi connectivity index (χ3v) is 3.22. The van der Waals surface area contributed by atoms with Gasteiger partial charge in [-0.3, -0.25) is 4.79 Å². The van der Waals surface area contributed by atoms with Gasteiger partial charge in [-0.15, -0.1) is 0 Å². The summed E-state index contributed by atoms with van der Waals surface area (Å²) in [7, 11) is 0. The fourth-order valence-electron chi connectivity index (χ4n) is 1.64. The van der Waals surface area contributed by atoms with Crippen LogP contribution in [0.25, 0.3) is 0 Å². The van der Waals surface area contributed by atoms with Crippen molar-refractivity contribution in [3.63, 3.8) is 0 Å². The number of rotatable bonds is 4. The van der Waals surface area contributed by atoms with Crippen LogP contribution in [0.3, 0.4) is 0 Å². The Bertz CT molecular complexity index is 536. The molecule has 0 bridgehead atoms. The van der Waals surface area contributed by atoms with Crippen molar-refractivity contribution in [2.45, 2.75) is 46.1 Å². The lowest BCUT2D eigenvalue weighted by Crippen LogP contribution is -2.43. The number of nitrogens with one attached hydrogen (secondary N) is 1. The first-order valence-electron chi connectivity index (χ1n) is 6.92. The highest BCUT2D eigenvalue weighted by Crippen LogP contribution is 2.14. The van der Waals surface area contributed by atoms with E-state index < -0.39 is 0 Å². The molecule has 0 aliphatic heterocycles. The van der Waals surface area contributed by atoms with Crippen molar-refractivity contribution in [2.75, 3.05) is 6.61 Å². The summed E-state index contributed by atoms with van der Waals surface area (Å²) in [6.07, 6.45) is 1.27. The first-order valence-corrected chi connectivity index (χ1v) is 6.92. The van der Waals surface area contributed by atoms with E-state index >= 15 is 0 Å². The smallest absolute Gasteiger partial charge is 0.252 e. The van der Waals surface area contributed by atoms with Gasteiger partial charge < -0.3 is 10.4 Å². The molecule has 0 saturated carbocycles. The Morgan fingerprint density at radius 3 is 2.70 bits per heavy atom. The monoisotopic (exact) mass is 273 g/mol. The van der Waals surface area contributed by atoms with Gasteiger partial charge in [-0.25, -0.2) is 0 Å². The van der Waals surface area contributed by atoms with Crippen LogP contribution in [0.15, 0.2) is 18.2 Å². The Morgan fingerprint density at radius 1 is 1.40 bits per heavy atom. The van der Waals surface area contributed by atoms with Gasteiger partial charge in [0.05, 0.1) is 12.2 Å². The standard InChI is InChI=1S/C17H23NO2/c1-5-17(3,4)18-16(20)15-10-9-13(2)12-14(15)8-6-7-11-19/h9-10,12,19H,5,7,11H2,1-4H3,(H,18,20). The number of hydrogen-bond acceptors (Lipinski definition) is 2. The Labute approximate surface area is 121 Å². The zero-order chi connectivity index (χ0) is 15.2. The van der Waals surface area contributed by atoms with Crippen LogP contribution in [0.5, 0.6) is 0 Å². The van der Waals surface area contributed by atoms with Crippen molar-refractivity contribution in [1.29, 1.82) is 0 Å². The van der Waals surface area contributed by atoms with E-state index in [1.165, 1.54) is 0 Å². The highest BCUT2D eigenvalue weighted by molar-refractivity contribution is 5.97. The van der Waals surface area contributed by atoms with Crippen LogP contribution in [0.1, 0.15) is 55.1 Å². The summed E-state index contributed by atoms with van der Waals surface area (Å²) in [5.74, 6) is 5.73. The minimum Gasteiger partial charge on any atom is -0.395 e. The predicted octanol–water partition coefficient (Wildman–Crippen LogP) is 2.65. The molecule has 0 aliphatic rings. The lowest BCUT2D eigenvalue weighted by molar-refractivity contribution is 0.0911. The van der Waals surface area contributed by atoms with Gasteiger partial charge in [0, 0.05) is 17.5 Å². The molecule has 3 nitrogen and oxygen atoms in total. The number of benzene rings is 1. The summed E-state index contributed by atoms with van der Waals surface area (Å²) in [5.41, 5.74) is 2.12. The largest absolute Gasteiger partial charge is 0.395 e. The van der Waals surface area contributed by atoms with E-state index in [9.17, 15) is 4.79 Å². The van der Waals surface area contributed by atoms with Crippen LogP contribution < -0.4 is 5.32 Å². The van der Waals surface area contributed by atoms with E-state index in [1.54, 1.807) is 6.07 Å². The lowest BCUT2D eigenvalue weighted by Gasteiger charge is -2.24. The third kappa shape index (κ3) is 4.71. The van der Waals surface area contributed by atoms with Gasteiger partial charge in [-0.05, 0) is 44.9 Å². The summed E-state index contributed by atoms with van der Waals surface area (Å²) in [6.45, 7) is 8.03. The maximum absolute atomic E-state index is 12.4. The molecule has 0 aromatic heterocycles. The Morgan fingerprint density at radius 2 is 2.10 bits per heavy atom. The third-order valence-electron chi connectivity index (χ3n) is 3.22. The van der Waals surface area contributed by atoms with Crippen molar-refractivity contribution < 1.29 is 9.90 Å². The molecule has 1 rings (SSSR count). The maximum Gasteiger partial charge on any atom is 0.252 e. The fraction of sp³-hybridized carbons (Fsp3) is 0.471. The average Bonchev–Trinajstić information content (AvgIpc) is 2.38. The SMILES string of the molecule is CCC(C)(C)NC(=O)c1ccc(C)cc1C#CCCO. The van der Waals surface area contributed by atoms with Crippen molar-refractivity contribution in [3.05, 3.63) is 34.9 Å². The molecule has 0 radical (unpaired) electrons. The topological polar surface area (TPSA) is 49.3 Å². The molecule has 0 saturated heterocycles. The Balaban J connectivity index is 3.06. The summed E-state index contributed by atoms with van der Waals surface area (Å²) >= 11 is 0. The zero-order valence-corrected chi connectivity index (χ0v) is 12.7. The lowest BCUT2D eigenvalue weighted by atomic mass is 9.99. The number of amides is 1. The van der Waals surface area contributed by atoms with Crippen LogP contribution >= 0.6 is 0 Å². The number of aryl methyl sites for hydroxylation is 1. The first-order chi connectivity index (χ1) is 9.39. The highest BCUT2D eigenvalue weighted by Gasteiger charge is 2.20. The number of carbonyl (C=O) groups excluding carboxylic acids is 1. The minimum atomic E-state index is -0.238. The van der Waals surface area contributed by atoms with E-state index in [-0.39, 0.29) is 18.1 Å². The Hall–Kier alpha value is -1.79. The van der Waals surface area contributed by atoms with Crippen LogP contribution in [-0.2, 0) is 0 Å². The molecule has 3 heteroatoms. The van der Waals surface area contributed by atoms with E-state index in [4.69, 9.17) is 5.11 Å². The van der Waals surface area contributed by atoms with Gasteiger partial charge in [0.15, 0.2) is 0 Å². The van der Waals surface area contributed by atoms with E-state index in [0.717, 1.165) is 12.0 Å². The van der Waals surface area contributed by atoms with Gasteiger partial charge in [0.25, 0.3) is 5.91 Å². The summed E-state index contributed by atoms with van der Waals surface area (Å²) in [6, 6.07) is 5.61. The second-order valence-electron chi connectivity index (χ2n) is 5.52.